The summed E-state index contributed by atoms with van der Waals surface area (Å²) in [7, 11) is 1.27. The predicted octanol–water partition coefficient (Wildman–Crippen LogP) is 2.27. The summed E-state index contributed by atoms with van der Waals surface area (Å²) in [5.41, 5.74) is 1.50. The van der Waals surface area contributed by atoms with Crippen LogP contribution in [0.15, 0.2) is 54.6 Å². The lowest BCUT2D eigenvalue weighted by Crippen LogP contribution is -2.36. The number of carbonyl (C=O) groups is 4. The van der Waals surface area contributed by atoms with E-state index in [1.807, 2.05) is 30.3 Å². The van der Waals surface area contributed by atoms with Crippen molar-refractivity contribution in [1.82, 2.24) is 4.90 Å². The second-order valence-corrected chi connectivity index (χ2v) is 6.39. The molecule has 0 spiro atoms. The van der Waals surface area contributed by atoms with E-state index in [-0.39, 0.29) is 18.7 Å². The zero-order valence-electron chi connectivity index (χ0n) is 14.9. The number of Topliss-reactive ketones (excluding diaryl/α,β-unsaturated/α-hetero) is 1. The lowest BCUT2D eigenvalue weighted by atomic mass is 9.94. The van der Waals surface area contributed by atoms with Gasteiger partial charge < -0.3 is 4.74 Å². The van der Waals surface area contributed by atoms with Crippen LogP contribution in [0.4, 0.5) is 0 Å². The standard InChI is InChI=1S/C21H19NO5/c1-27-21(26)15(11-14-7-3-2-4-8-14)12-16(23)13-22-19(24)17-9-5-6-10-18(17)20(22)25/h2-10,15H,11-13H2,1H3/t15-/m1/s1. The second-order valence-electron chi connectivity index (χ2n) is 6.39. The van der Waals surface area contributed by atoms with Crippen molar-refractivity contribution in [2.45, 2.75) is 12.8 Å². The van der Waals surface area contributed by atoms with Crippen LogP contribution in [0.2, 0.25) is 0 Å². The van der Waals surface area contributed by atoms with Crippen molar-refractivity contribution >= 4 is 23.6 Å². The minimum atomic E-state index is -0.667. The minimum Gasteiger partial charge on any atom is -0.469 e. The van der Waals surface area contributed by atoms with Crippen molar-refractivity contribution in [3.63, 3.8) is 0 Å². The molecular weight excluding hydrogens is 346 g/mol. The maximum absolute atomic E-state index is 12.5. The summed E-state index contributed by atoms with van der Waals surface area (Å²) >= 11 is 0. The molecule has 0 saturated heterocycles. The van der Waals surface area contributed by atoms with E-state index in [4.69, 9.17) is 4.74 Å². The Labute approximate surface area is 156 Å². The Bertz CT molecular complexity index is 855. The number of ether oxygens (including phenoxy) is 1. The molecule has 27 heavy (non-hydrogen) atoms. The van der Waals surface area contributed by atoms with Gasteiger partial charge in [-0.15, -0.1) is 0 Å². The number of nitrogens with zero attached hydrogens (tertiary/aromatic N) is 1. The lowest BCUT2D eigenvalue weighted by Gasteiger charge is -2.17. The summed E-state index contributed by atoms with van der Waals surface area (Å²) in [6.45, 7) is -0.353. The summed E-state index contributed by atoms with van der Waals surface area (Å²) in [4.78, 5) is 50.3. The Balaban J connectivity index is 1.69. The van der Waals surface area contributed by atoms with Gasteiger partial charge in [0.1, 0.15) is 0 Å². The molecule has 1 aliphatic heterocycles. The van der Waals surface area contributed by atoms with Gasteiger partial charge in [0.25, 0.3) is 11.8 Å². The van der Waals surface area contributed by atoms with Gasteiger partial charge in [-0.2, -0.15) is 0 Å². The van der Waals surface area contributed by atoms with Gasteiger partial charge in [0.05, 0.1) is 30.7 Å². The molecule has 0 bridgehead atoms. The van der Waals surface area contributed by atoms with Gasteiger partial charge in [0.15, 0.2) is 5.78 Å². The molecule has 2 aromatic rings. The van der Waals surface area contributed by atoms with E-state index in [1.165, 1.54) is 7.11 Å². The number of benzene rings is 2. The molecule has 0 fully saturated rings. The molecule has 6 nitrogen and oxygen atoms in total. The third-order valence-electron chi connectivity index (χ3n) is 4.55. The van der Waals surface area contributed by atoms with Gasteiger partial charge in [-0.1, -0.05) is 42.5 Å². The third kappa shape index (κ3) is 3.95. The van der Waals surface area contributed by atoms with Crippen LogP contribution in [0.25, 0.3) is 0 Å². The molecule has 0 aliphatic carbocycles. The van der Waals surface area contributed by atoms with Crippen LogP contribution in [0.1, 0.15) is 32.7 Å². The molecule has 2 aromatic carbocycles. The molecule has 0 radical (unpaired) electrons. The largest absolute Gasteiger partial charge is 0.469 e. The number of methoxy groups -OCH3 is 1. The second kappa shape index (κ2) is 7.95. The number of amides is 2. The molecule has 0 aromatic heterocycles. The van der Waals surface area contributed by atoms with Crippen LogP contribution in [0.5, 0.6) is 0 Å². The van der Waals surface area contributed by atoms with Crippen molar-refractivity contribution in [2.24, 2.45) is 5.92 Å². The molecule has 0 saturated carbocycles. The highest BCUT2D eigenvalue weighted by Crippen LogP contribution is 2.23. The molecule has 3 rings (SSSR count). The van der Waals surface area contributed by atoms with Gasteiger partial charge in [0, 0.05) is 6.42 Å². The fourth-order valence-electron chi connectivity index (χ4n) is 3.20. The average molecular weight is 365 g/mol. The van der Waals surface area contributed by atoms with Crippen molar-refractivity contribution in [2.75, 3.05) is 13.7 Å². The van der Waals surface area contributed by atoms with E-state index in [0.717, 1.165) is 10.5 Å². The average Bonchev–Trinajstić information content (AvgIpc) is 2.93. The van der Waals surface area contributed by atoms with Crippen molar-refractivity contribution in [3.05, 3.63) is 71.3 Å². The number of imide groups is 1. The van der Waals surface area contributed by atoms with E-state index in [9.17, 15) is 19.2 Å². The number of ketones is 1. The van der Waals surface area contributed by atoms with Crippen molar-refractivity contribution in [3.8, 4) is 0 Å². The van der Waals surface area contributed by atoms with Crippen LogP contribution in [0.3, 0.4) is 0 Å². The Kier molecular flexibility index (Phi) is 5.45. The van der Waals surface area contributed by atoms with Crippen LogP contribution < -0.4 is 0 Å². The first-order valence-corrected chi connectivity index (χ1v) is 8.60. The zero-order chi connectivity index (χ0) is 19.4. The number of hydrogen-bond acceptors (Lipinski definition) is 5. The van der Waals surface area contributed by atoms with Crippen LogP contribution in [0, 0.1) is 5.92 Å². The van der Waals surface area contributed by atoms with E-state index < -0.39 is 23.7 Å². The molecule has 6 heteroatoms. The minimum absolute atomic E-state index is 0.102. The van der Waals surface area contributed by atoms with Gasteiger partial charge in [0.2, 0.25) is 0 Å². The number of fused-ring (bicyclic) bond motifs is 1. The predicted molar refractivity (Wildman–Crippen MR) is 97.1 cm³/mol. The Morgan fingerprint density at radius 3 is 2.04 bits per heavy atom. The molecule has 0 N–H and O–H groups in total. The highest BCUT2D eigenvalue weighted by molar-refractivity contribution is 6.22. The summed E-state index contributed by atoms with van der Waals surface area (Å²) in [5.74, 6) is -2.49. The zero-order valence-corrected chi connectivity index (χ0v) is 14.9. The third-order valence-corrected chi connectivity index (χ3v) is 4.55. The van der Waals surface area contributed by atoms with Crippen LogP contribution >= 0.6 is 0 Å². The maximum atomic E-state index is 12.5. The molecule has 2 amide bonds. The number of carbonyl (C=O) groups excluding carboxylic acids is 4. The lowest BCUT2D eigenvalue weighted by molar-refractivity contribution is -0.147. The van der Waals surface area contributed by atoms with Crippen molar-refractivity contribution < 1.29 is 23.9 Å². The summed E-state index contributed by atoms with van der Waals surface area (Å²) in [5, 5.41) is 0. The summed E-state index contributed by atoms with van der Waals surface area (Å²) in [6.07, 6.45) is 0.246. The van der Waals surface area contributed by atoms with Crippen molar-refractivity contribution in [1.29, 1.82) is 0 Å². The molecule has 1 heterocycles. The fraction of sp³-hybridized carbons (Fsp3) is 0.238. The Morgan fingerprint density at radius 2 is 1.48 bits per heavy atom. The molecule has 0 unspecified atom stereocenters. The Hall–Kier alpha value is -3.28. The molecule has 1 atom stereocenters. The highest BCUT2D eigenvalue weighted by atomic mass is 16.5. The topological polar surface area (TPSA) is 80.8 Å². The number of rotatable bonds is 7. The first kappa shape index (κ1) is 18.5. The first-order valence-electron chi connectivity index (χ1n) is 8.60. The monoisotopic (exact) mass is 365 g/mol. The smallest absolute Gasteiger partial charge is 0.309 e. The summed E-state index contributed by atoms with van der Waals surface area (Å²) < 4.78 is 4.81. The molecule has 138 valence electrons. The normalized spacial score (nSPS) is 14.0. The number of hydrogen-bond donors (Lipinski definition) is 0. The van der Waals surface area contributed by atoms with E-state index in [0.29, 0.717) is 17.5 Å². The van der Waals surface area contributed by atoms with Gasteiger partial charge in [-0.3, -0.25) is 24.1 Å². The highest BCUT2D eigenvalue weighted by Gasteiger charge is 2.36. The Morgan fingerprint density at radius 1 is 0.926 bits per heavy atom. The van der Waals surface area contributed by atoms with Crippen LogP contribution in [-0.2, 0) is 20.7 Å². The summed E-state index contributed by atoms with van der Waals surface area (Å²) in [6, 6.07) is 15.8. The first-order chi connectivity index (χ1) is 13.0. The van der Waals surface area contributed by atoms with E-state index in [1.54, 1.807) is 24.3 Å². The molecule has 1 aliphatic rings. The van der Waals surface area contributed by atoms with E-state index >= 15 is 0 Å². The van der Waals surface area contributed by atoms with Gasteiger partial charge in [-0.25, -0.2) is 0 Å². The van der Waals surface area contributed by atoms with E-state index in [2.05, 4.69) is 0 Å². The fourth-order valence-corrected chi connectivity index (χ4v) is 3.20. The van der Waals surface area contributed by atoms with Gasteiger partial charge in [-0.05, 0) is 24.1 Å². The quantitative estimate of drug-likeness (QED) is 0.555. The SMILES string of the molecule is COC(=O)[C@@H](CC(=O)CN1C(=O)c2ccccc2C1=O)Cc1ccccc1. The molecular formula is C21H19NO5. The number of esters is 1. The van der Waals surface area contributed by atoms with Gasteiger partial charge >= 0.3 is 5.97 Å². The maximum Gasteiger partial charge on any atom is 0.309 e. The van der Waals surface area contributed by atoms with Crippen LogP contribution in [-0.4, -0.2) is 42.1 Å².